The number of thioether (sulfide) groups is 1. The molecule has 38 heavy (non-hydrogen) atoms. The topological polar surface area (TPSA) is 102 Å². The highest BCUT2D eigenvalue weighted by Crippen LogP contribution is 2.48. The Morgan fingerprint density at radius 3 is 2.63 bits per heavy atom. The molecule has 1 unspecified atom stereocenters. The maximum Gasteiger partial charge on any atom is 0.338 e. The van der Waals surface area contributed by atoms with Gasteiger partial charge in [0.1, 0.15) is 0 Å². The van der Waals surface area contributed by atoms with E-state index in [1.807, 2.05) is 40.6 Å². The monoisotopic (exact) mass is 536 g/mol. The van der Waals surface area contributed by atoms with E-state index in [0.29, 0.717) is 46.5 Å². The first-order valence-corrected chi connectivity index (χ1v) is 13.2. The van der Waals surface area contributed by atoms with Crippen LogP contribution < -0.4 is 14.8 Å². The van der Waals surface area contributed by atoms with Gasteiger partial charge >= 0.3 is 5.97 Å². The molecule has 4 rings (SSSR count). The van der Waals surface area contributed by atoms with E-state index in [-0.39, 0.29) is 18.4 Å². The number of carbonyl (C=O) groups excluding carboxylic acids is 2. The van der Waals surface area contributed by atoms with Gasteiger partial charge in [0.25, 0.3) is 0 Å². The predicted molar refractivity (Wildman–Crippen MR) is 147 cm³/mol. The average molecular weight is 537 g/mol. The number of ether oxygens (including phenoxy) is 3. The lowest BCUT2D eigenvalue weighted by molar-refractivity contribution is -0.143. The Kier molecular flexibility index (Phi) is 8.73. The van der Waals surface area contributed by atoms with E-state index in [4.69, 9.17) is 19.2 Å². The number of fused-ring (bicyclic) bond motifs is 1. The Hall–Kier alpha value is -3.79. The largest absolute Gasteiger partial charge is 0.493 e. The Morgan fingerprint density at radius 1 is 1.13 bits per heavy atom. The smallest absolute Gasteiger partial charge is 0.338 e. The summed E-state index contributed by atoms with van der Waals surface area (Å²) >= 11 is 1.42. The van der Waals surface area contributed by atoms with Gasteiger partial charge in [0.05, 0.1) is 44.1 Å². The van der Waals surface area contributed by atoms with Gasteiger partial charge in [-0.15, -0.1) is 0 Å². The molecule has 2 aliphatic heterocycles. The number of amidine groups is 1. The number of benzene rings is 1. The summed E-state index contributed by atoms with van der Waals surface area (Å²) in [7, 11) is 3.13. The summed E-state index contributed by atoms with van der Waals surface area (Å²) in [6.45, 7) is 5.87. The van der Waals surface area contributed by atoms with Gasteiger partial charge in [-0.3, -0.25) is 9.78 Å². The van der Waals surface area contributed by atoms with Gasteiger partial charge in [-0.2, -0.15) is 0 Å². The third-order valence-corrected chi connectivity index (χ3v) is 6.95. The molecular weight excluding hydrogens is 504 g/mol. The van der Waals surface area contributed by atoms with E-state index < -0.39 is 12.0 Å². The highest BCUT2D eigenvalue weighted by atomic mass is 32.2. The number of para-hydroxylation sites is 1. The second-order valence-electron chi connectivity index (χ2n) is 9.03. The normalized spacial score (nSPS) is 16.6. The van der Waals surface area contributed by atoms with Gasteiger partial charge in [-0.05, 0) is 44.4 Å². The first kappa shape index (κ1) is 27.3. The summed E-state index contributed by atoms with van der Waals surface area (Å²) < 4.78 is 16.9. The predicted octanol–water partition coefficient (Wildman–Crippen LogP) is 4.37. The molecule has 0 spiro atoms. The molecular formula is C28H32N4O5S. The van der Waals surface area contributed by atoms with Gasteiger partial charge in [0, 0.05) is 36.1 Å². The second-order valence-corrected chi connectivity index (χ2v) is 9.86. The van der Waals surface area contributed by atoms with E-state index in [2.05, 4.69) is 10.3 Å². The zero-order valence-corrected chi connectivity index (χ0v) is 23.0. The number of hydrogen-bond acceptors (Lipinski definition) is 9. The molecule has 0 saturated heterocycles. The van der Waals surface area contributed by atoms with Crippen molar-refractivity contribution >= 4 is 28.8 Å². The molecule has 0 radical (unpaired) electrons. The number of hydrogen-bond donors (Lipinski definition) is 1. The maximum absolute atomic E-state index is 13.4. The number of nitrogens with one attached hydrogen (secondary N) is 1. The van der Waals surface area contributed by atoms with Crippen molar-refractivity contribution in [3.8, 4) is 11.5 Å². The molecule has 1 N–H and O–H groups in total. The van der Waals surface area contributed by atoms with Crippen molar-refractivity contribution in [3.05, 3.63) is 76.2 Å². The van der Waals surface area contributed by atoms with Gasteiger partial charge < -0.3 is 24.4 Å². The summed E-state index contributed by atoms with van der Waals surface area (Å²) in [4.78, 5) is 37.3. The number of carbonyl (C=O) groups is 2. The van der Waals surface area contributed by atoms with Crippen LogP contribution in [0.1, 0.15) is 44.5 Å². The fourth-order valence-electron chi connectivity index (χ4n) is 4.43. The highest BCUT2D eigenvalue weighted by Gasteiger charge is 2.43. The number of aliphatic imine (C=N–C) groups is 1. The van der Waals surface area contributed by atoms with Crippen LogP contribution in [-0.4, -0.2) is 53.8 Å². The van der Waals surface area contributed by atoms with Crippen LogP contribution in [0.25, 0.3) is 0 Å². The Bertz CT molecular complexity index is 1290. The van der Waals surface area contributed by atoms with Crippen LogP contribution in [0, 0.1) is 0 Å². The van der Waals surface area contributed by atoms with Crippen molar-refractivity contribution in [2.75, 3.05) is 20.8 Å². The van der Waals surface area contributed by atoms with Gasteiger partial charge in [0.15, 0.2) is 16.7 Å². The number of esters is 1. The fraction of sp³-hybridized carbons (Fsp3) is 0.357. The van der Waals surface area contributed by atoms with Gasteiger partial charge in [-0.1, -0.05) is 30.0 Å². The molecule has 1 amide bonds. The van der Waals surface area contributed by atoms with E-state index in [0.717, 1.165) is 11.4 Å². The third kappa shape index (κ3) is 5.85. The SMILES string of the molecule is COc1cccc(C2C(C(=O)OC(C)C)=C(C)N=C3SC=C(CC(=O)NCCc4ccccn4)N32)c1OC. The minimum Gasteiger partial charge on any atom is -0.493 e. The molecule has 2 aliphatic rings. The van der Waals surface area contributed by atoms with E-state index in [1.165, 1.54) is 11.8 Å². The van der Waals surface area contributed by atoms with Crippen LogP contribution in [0.3, 0.4) is 0 Å². The zero-order valence-electron chi connectivity index (χ0n) is 22.2. The lowest BCUT2D eigenvalue weighted by atomic mass is 9.92. The molecule has 0 bridgehead atoms. The van der Waals surface area contributed by atoms with Crippen LogP contribution in [0.4, 0.5) is 0 Å². The molecule has 200 valence electrons. The second kappa shape index (κ2) is 12.2. The van der Waals surface area contributed by atoms with Crippen molar-refractivity contribution in [3.63, 3.8) is 0 Å². The Labute approximate surface area is 227 Å². The number of pyridine rings is 1. The molecule has 2 aromatic rings. The minimum absolute atomic E-state index is 0.114. The molecule has 3 heterocycles. The van der Waals surface area contributed by atoms with Crippen molar-refractivity contribution in [1.29, 1.82) is 0 Å². The number of amides is 1. The summed E-state index contributed by atoms with van der Waals surface area (Å²) in [6, 6.07) is 10.6. The van der Waals surface area contributed by atoms with Crippen LogP contribution in [0.2, 0.25) is 0 Å². The van der Waals surface area contributed by atoms with Gasteiger partial charge in [-0.25, -0.2) is 9.79 Å². The number of allylic oxidation sites excluding steroid dienone is 1. The van der Waals surface area contributed by atoms with E-state index in [9.17, 15) is 9.59 Å². The third-order valence-electron chi connectivity index (χ3n) is 6.06. The van der Waals surface area contributed by atoms with Crippen molar-refractivity contribution < 1.29 is 23.8 Å². The van der Waals surface area contributed by atoms with E-state index >= 15 is 0 Å². The Balaban J connectivity index is 1.64. The van der Waals surface area contributed by atoms with Gasteiger partial charge in [0.2, 0.25) is 5.91 Å². The minimum atomic E-state index is -0.624. The summed E-state index contributed by atoms with van der Waals surface area (Å²) in [5.74, 6) is 0.433. The maximum atomic E-state index is 13.4. The van der Waals surface area contributed by atoms with E-state index in [1.54, 1.807) is 47.3 Å². The fourth-order valence-corrected chi connectivity index (χ4v) is 5.40. The molecule has 0 aliphatic carbocycles. The lowest BCUT2D eigenvalue weighted by Gasteiger charge is -2.37. The quantitative estimate of drug-likeness (QED) is 0.447. The first-order valence-electron chi connectivity index (χ1n) is 12.4. The molecule has 9 nitrogen and oxygen atoms in total. The summed E-state index contributed by atoms with van der Waals surface area (Å²) in [6.07, 6.45) is 2.17. The van der Waals surface area contributed by atoms with Crippen LogP contribution >= 0.6 is 11.8 Å². The first-order chi connectivity index (χ1) is 18.3. The van der Waals surface area contributed by atoms with Crippen molar-refractivity contribution in [2.45, 2.75) is 45.8 Å². The molecule has 1 aromatic carbocycles. The number of aromatic nitrogens is 1. The molecule has 0 saturated carbocycles. The van der Waals surface area contributed by atoms with Crippen LogP contribution in [0.15, 0.2) is 70.0 Å². The summed E-state index contributed by atoms with van der Waals surface area (Å²) in [5.41, 5.74) is 3.28. The van der Waals surface area contributed by atoms with Crippen LogP contribution in [0.5, 0.6) is 11.5 Å². The highest BCUT2D eigenvalue weighted by molar-refractivity contribution is 8.16. The number of rotatable bonds is 10. The van der Waals surface area contributed by atoms with Crippen LogP contribution in [-0.2, 0) is 20.7 Å². The molecule has 10 heteroatoms. The van der Waals surface area contributed by atoms with Crippen molar-refractivity contribution in [2.24, 2.45) is 4.99 Å². The lowest BCUT2D eigenvalue weighted by Crippen LogP contribution is -2.38. The standard InChI is InChI=1S/C28H32N4O5S/c1-17(2)37-27(34)24-18(3)31-28-32(25(24)21-10-8-11-22(35-4)26(21)36-5)20(16-38-28)15-23(33)30-14-12-19-9-6-7-13-29-19/h6-11,13,16-17,25H,12,14-15H2,1-5H3,(H,30,33). The summed E-state index contributed by atoms with van der Waals surface area (Å²) in [5, 5.41) is 5.55. The molecule has 0 fully saturated rings. The zero-order chi connectivity index (χ0) is 27.2. The number of methoxy groups -OCH3 is 2. The Morgan fingerprint density at radius 2 is 1.95 bits per heavy atom. The molecule has 1 atom stereocenters. The molecule has 1 aromatic heterocycles. The number of nitrogens with zero attached hydrogens (tertiary/aromatic N) is 3. The average Bonchev–Trinajstić information content (AvgIpc) is 3.29. The van der Waals surface area contributed by atoms with Crippen molar-refractivity contribution in [1.82, 2.24) is 15.2 Å².